The van der Waals surface area contributed by atoms with Crippen molar-refractivity contribution in [2.24, 2.45) is 10.9 Å². The van der Waals surface area contributed by atoms with Crippen LogP contribution in [0, 0.1) is 24.5 Å². The van der Waals surface area contributed by atoms with Gasteiger partial charge in [-0.25, -0.2) is 18.4 Å². The summed E-state index contributed by atoms with van der Waals surface area (Å²) < 4.78 is 36.6. The van der Waals surface area contributed by atoms with Crippen molar-refractivity contribution in [2.75, 3.05) is 6.61 Å². The second-order valence-corrected chi connectivity index (χ2v) is 8.80. The number of hydrogen-bond donors (Lipinski definition) is 0. The number of aryl methyl sites for hydroxylation is 1. The van der Waals surface area contributed by atoms with Gasteiger partial charge in [0.1, 0.15) is 28.5 Å². The number of fused-ring (bicyclic) bond motifs is 5. The maximum atomic E-state index is 14.8. The number of carbonyl (C=O) groups excluding carboxylic acids is 1. The number of rotatable bonds is 3. The molecule has 3 heterocycles. The van der Waals surface area contributed by atoms with Gasteiger partial charge in [-0.2, -0.15) is 5.10 Å². The summed E-state index contributed by atoms with van der Waals surface area (Å²) in [5.74, 6) is -0.708. The minimum Gasteiger partial charge on any atom is -0.466 e. The Morgan fingerprint density at radius 2 is 2.00 bits per heavy atom. The summed E-state index contributed by atoms with van der Waals surface area (Å²) >= 11 is 1.47. The van der Waals surface area contributed by atoms with E-state index in [1.807, 2.05) is 6.92 Å². The molecule has 0 saturated heterocycles. The molecule has 6 nitrogen and oxygen atoms in total. The summed E-state index contributed by atoms with van der Waals surface area (Å²) in [6, 6.07) is 3.34. The highest BCUT2D eigenvalue weighted by atomic mass is 32.1. The lowest BCUT2D eigenvalue weighted by atomic mass is 9.97. The van der Waals surface area contributed by atoms with Gasteiger partial charge in [-0.05, 0) is 51.3 Å². The third kappa shape index (κ3) is 3.10. The highest BCUT2D eigenvalue weighted by Crippen LogP contribution is 2.44. The fourth-order valence-electron chi connectivity index (χ4n) is 4.32. The molecule has 0 N–H and O–H groups in total. The number of esters is 1. The molecular formula is C22H20F2N4O2S. The summed E-state index contributed by atoms with van der Waals surface area (Å²) in [6.45, 7) is 5.72. The van der Waals surface area contributed by atoms with Crippen LogP contribution >= 0.6 is 11.3 Å². The second-order valence-electron chi connectivity index (χ2n) is 7.72. The quantitative estimate of drug-likeness (QED) is 0.573. The van der Waals surface area contributed by atoms with Gasteiger partial charge < -0.3 is 4.74 Å². The number of hydrogen-bond acceptors (Lipinski definition) is 6. The number of carbonyl (C=O) groups is 1. The van der Waals surface area contributed by atoms with Gasteiger partial charge in [0.05, 0.1) is 23.8 Å². The molecule has 0 spiro atoms. The monoisotopic (exact) mass is 442 g/mol. The topological polar surface area (TPSA) is 69.4 Å². The lowest BCUT2D eigenvalue weighted by molar-refractivity contribution is -0.147. The number of halogens is 2. The molecule has 1 aliphatic carbocycles. The van der Waals surface area contributed by atoms with Crippen LogP contribution in [0.3, 0.4) is 0 Å². The van der Waals surface area contributed by atoms with E-state index in [1.165, 1.54) is 29.5 Å². The number of thiophene rings is 1. The van der Waals surface area contributed by atoms with Crippen LogP contribution < -0.4 is 0 Å². The first-order valence-electron chi connectivity index (χ1n) is 10.2. The fraction of sp³-hybridized carbons (Fsp3) is 0.364. The van der Waals surface area contributed by atoms with Crippen LogP contribution in [0.15, 0.2) is 23.2 Å². The molecule has 3 aromatic rings. The SMILES string of the molecule is CCOC(=O)C1Cc2sc3c(c2C1)C(c1c(F)cccc1F)=N[C@@H](C)c1nc(C)nn1-3. The van der Waals surface area contributed by atoms with Gasteiger partial charge in [0.25, 0.3) is 0 Å². The Morgan fingerprint density at radius 1 is 1.26 bits per heavy atom. The first kappa shape index (κ1) is 20.0. The van der Waals surface area contributed by atoms with Gasteiger partial charge in [0.15, 0.2) is 5.82 Å². The van der Waals surface area contributed by atoms with E-state index in [4.69, 9.17) is 9.73 Å². The zero-order chi connectivity index (χ0) is 21.9. The lowest BCUT2D eigenvalue weighted by Gasteiger charge is -2.13. The van der Waals surface area contributed by atoms with Crippen LogP contribution in [0.1, 0.15) is 53.1 Å². The molecule has 0 fully saturated rings. The van der Waals surface area contributed by atoms with Crippen molar-refractivity contribution in [3.63, 3.8) is 0 Å². The van der Waals surface area contributed by atoms with Crippen molar-refractivity contribution < 1.29 is 18.3 Å². The van der Waals surface area contributed by atoms with E-state index in [0.29, 0.717) is 36.7 Å². The molecule has 2 atom stereocenters. The van der Waals surface area contributed by atoms with E-state index >= 15 is 0 Å². The van der Waals surface area contributed by atoms with Crippen LogP contribution in [-0.2, 0) is 22.4 Å². The van der Waals surface area contributed by atoms with Crippen molar-refractivity contribution in [3.8, 4) is 5.00 Å². The van der Waals surface area contributed by atoms with Gasteiger partial charge in [-0.1, -0.05) is 6.07 Å². The number of nitrogens with zero attached hydrogens (tertiary/aromatic N) is 4. The highest BCUT2D eigenvalue weighted by molar-refractivity contribution is 7.15. The predicted molar refractivity (Wildman–Crippen MR) is 112 cm³/mol. The van der Waals surface area contributed by atoms with Crippen molar-refractivity contribution >= 4 is 23.0 Å². The Morgan fingerprint density at radius 3 is 2.71 bits per heavy atom. The Labute approximate surface area is 181 Å². The molecule has 9 heteroatoms. The first-order chi connectivity index (χ1) is 14.9. The average molecular weight is 442 g/mol. The zero-order valence-corrected chi connectivity index (χ0v) is 18.1. The van der Waals surface area contributed by atoms with Gasteiger partial charge in [-0.15, -0.1) is 11.3 Å². The van der Waals surface area contributed by atoms with Crippen molar-refractivity contribution in [3.05, 3.63) is 63.0 Å². The standard InChI is InChI=1S/C22H20F2N4O2S/c1-4-30-22(29)12-8-13-16(9-12)31-21-17(13)19(18-14(23)6-5-7-15(18)24)25-10(2)20-26-11(3)27-28(20)21/h5-7,10,12H,4,8-9H2,1-3H3/t10-,12?/m0/s1. The molecule has 0 bridgehead atoms. The zero-order valence-electron chi connectivity index (χ0n) is 17.3. The van der Waals surface area contributed by atoms with Crippen LogP contribution in [0.2, 0.25) is 0 Å². The molecule has 160 valence electrons. The Bertz CT molecular complexity index is 1230. The van der Waals surface area contributed by atoms with Crippen molar-refractivity contribution in [2.45, 2.75) is 39.7 Å². The van der Waals surface area contributed by atoms with E-state index in [0.717, 1.165) is 15.4 Å². The summed E-state index contributed by atoms with van der Waals surface area (Å²) in [6.07, 6.45) is 0.962. The molecule has 1 aliphatic heterocycles. The Hall–Kier alpha value is -2.94. The van der Waals surface area contributed by atoms with Crippen molar-refractivity contribution in [1.82, 2.24) is 14.8 Å². The summed E-state index contributed by atoms with van der Waals surface area (Å²) in [4.78, 5) is 22.6. The predicted octanol–water partition coefficient (Wildman–Crippen LogP) is 4.11. The molecule has 2 aromatic heterocycles. The Kier molecular flexibility index (Phi) is 4.73. The molecule has 1 aromatic carbocycles. The van der Waals surface area contributed by atoms with Crippen LogP contribution in [0.25, 0.3) is 5.00 Å². The third-order valence-electron chi connectivity index (χ3n) is 5.64. The molecule has 1 unspecified atom stereocenters. The van der Waals surface area contributed by atoms with Crippen molar-refractivity contribution in [1.29, 1.82) is 0 Å². The largest absolute Gasteiger partial charge is 0.466 e. The van der Waals surface area contributed by atoms with Crippen LogP contribution in [0.4, 0.5) is 8.78 Å². The van der Waals surface area contributed by atoms with Crippen LogP contribution in [0.5, 0.6) is 0 Å². The normalized spacial score (nSPS) is 19.3. The third-order valence-corrected chi connectivity index (χ3v) is 6.87. The lowest BCUT2D eigenvalue weighted by Crippen LogP contribution is -2.19. The minimum absolute atomic E-state index is 0.168. The average Bonchev–Trinajstić information content (AvgIpc) is 3.37. The van der Waals surface area contributed by atoms with Gasteiger partial charge in [-0.3, -0.25) is 9.79 Å². The molecule has 0 amide bonds. The molecule has 5 rings (SSSR count). The first-order valence-corrected chi connectivity index (χ1v) is 11.0. The molecule has 31 heavy (non-hydrogen) atoms. The van der Waals surface area contributed by atoms with Gasteiger partial charge in [0, 0.05) is 10.4 Å². The molecular weight excluding hydrogens is 422 g/mol. The highest BCUT2D eigenvalue weighted by Gasteiger charge is 2.39. The van der Waals surface area contributed by atoms with E-state index < -0.39 is 17.7 Å². The minimum atomic E-state index is -0.680. The van der Waals surface area contributed by atoms with E-state index in [9.17, 15) is 13.6 Å². The second kappa shape index (κ2) is 7.33. The maximum absolute atomic E-state index is 14.8. The number of benzene rings is 1. The molecule has 0 saturated carbocycles. The van der Waals surface area contributed by atoms with E-state index in [1.54, 1.807) is 18.5 Å². The Balaban J connectivity index is 1.74. The molecule has 2 aliphatic rings. The molecule has 0 radical (unpaired) electrons. The van der Waals surface area contributed by atoms with E-state index in [2.05, 4.69) is 10.1 Å². The van der Waals surface area contributed by atoms with Crippen LogP contribution in [-0.4, -0.2) is 33.1 Å². The number of ether oxygens (including phenoxy) is 1. The maximum Gasteiger partial charge on any atom is 0.309 e. The van der Waals surface area contributed by atoms with Gasteiger partial charge in [0.2, 0.25) is 0 Å². The van der Waals surface area contributed by atoms with Gasteiger partial charge >= 0.3 is 5.97 Å². The number of aliphatic imine (C=N–C) groups is 1. The smallest absolute Gasteiger partial charge is 0.309 e. The van der Waals surface area contributed by atoms with E-state index in [-0.39, 0.29) is 23.2 Å². The fourth-order valence-corrected chi connectivity index (χ4v) is 5.69. The number of aromatic nitrogens is 3. The summed E-state index contributed by atoms with van der Waals surface area (Å²) in [7, 11) is 0. The summed E-state index contributed by atoms with van der Waals surface area (Å²) in [5.41, 5.74) is 1.59. The summed E-state index contributed by atoms with van der Waals surface area (Å²) in [5, 5.41) is 5.27.